The number of halogens is 4. The van der Waals surface area contributed by atoms with E-state index in [0.717, 1.165) is 30.5 Å². The van der Waals surface area contributed by atoms with Crippen LogP contribution in [-0.4, -0.2) is 29.8 Å². The number of nitrogens with two attached hydrogens (primary N) is 1. The van der Waals surface area contributed by atoms with Crippen molar-refractivity contribution in [3.63, 3.8) is 0 Å². The number of methoxy groups -OCH3 is 1. The molecule has 0 saturated heterocycles. The molecule has 0 radical (unpaired) electrons. The minimum Gasteiger partial charge on any atom is -0.495 e. The van der Waals surface area contributed by atoms with E-state index >= 15 is 0 Å². The quantitative estimate of drug-likeness (QED) is 0.775. The molecule has 1 amide bonds. The third-order valence-electron chi connectivity index (χ3n) is 4.22. The molecule has 0 bridgehead atoms. The van der Waals surface area contributed by atoms with Gasteiger partial charge in [-0.25, -0.2) is 22.5 Å². The van der Waals surface area contributed by atoms with E-state index in [1.54, 1.807) is 0 Å². The Labute approximate surface area is 157 Å². The number of rotatable bonds is 4. The second-order valence-corrected chi connectivity index (χ2v) is 6.18. The second-order valence-electron chi connectivity index (χ2n) is 6.18. The van der Waals surface area contributed by atoms with Gasteiger partial charge in [0.1, 0.15) is 17.6 Å². The summed E-state index contributed by atoms with van der Waals surface area (Å²) in [5.74, 6) is -5.97. The lowest BCUT2D eigenvalue weighted by molar-refractivity contribution is -0.0370. The van der Waals surface area contributed by atoms with Crippen LogP contribution < -0.4 is 15.8 Å². The minimum atomic E-state index is -3.30. The van der Waals surface area contributed by atoms with Gasteiger partial charge < -0.3 is 15.8 Å². The largest absolute Gasteiger partial charge is 0.495 e. The first-order valence-electron chi connectivity index (χ1n) is 8.21. The number of hydrogen-bond acceptors (Lipinski definition) is 5. The molecule has 1 aromatic heterocycles. The number of nitrogens with one attached hydrogen (secondary N) is 1. The summed E-state index contributed by atoms with van der Waals surface area (Å²) in [5.41, 5.74) is 4.56. The Morgan fingerprint density at radius 2 is 2.04 bits per heavy atom. The van der Waals surface area contributed by atoms with Gasteiger partial charge in [0.15, 0.2) is 11.5 Å². The molecule has 1 unspecified atom stereocenters. The Kier molecular flexibility index (Phi) is 5.21. The molecule has 0 spiro atoms. The average Bonchev–Trinajstić information content (AvgIpc) is 2.65. The van der Waals surface area contributed by atoms with Gasteiger partial charge in [-0.3, -0.25) is 9.79 Å². The van der Waals surface area contributed by atoms with Gasteiger partial charge in [-0.05, 0) is 18.2 Å². The summed E-state index contributed by atoms with van der Waals surface area (Å²) in [4.78, 5) is 19.6. The van der Waals surface area contributed by atoms with Crippen LogP contribution >= 0.6 is 0 Å². The highest BCUT2D eigenvalue weighted by Gasteiger charge is 2.44. The van der Waals surface area contributed by atoms with Crippen LogP contribution in [0.25, 0.3) is 0 Å². The average molecular weight is 396 g/mol. The van der Waals surface area contributed by atoms with Crippen LogP contribution in [-0.2, 0) is 0 Å². The van der Waals surface area contributed by atoms with Crippen molar-refractivity contribution in [3.05, 3.63) is 53.4 Å². The van der Waals surface area contributed by atoms with Crippen molar-refractivity contribution in [2.24, 2.45) is 10.7 Å². The number of amides is 1. The topological polar surface area (TPSA) is 89.6 Å². The van der Waals surface area contributed by atoms with Crippen molar-refractivity contribution in [1.82, 2.24) is 4.98 Å². The molecule has 2 heterocycles. The molecule has 1 aliphatic rings. The Hall–Kier alpha value is -3.17. The molecule has 148 valence electrons. The fourth-order valence-electron chi connectivity index (χ4n) is 2.77. The molecule has 1 aliphatic heterocycles. The van der Waals surface area contributed by atoms with Gasteiger partial charge in [-0.2, -0.15) is 0 Å². The number of carbonyl (C=O) groups excluding carboxylic acids is 1. The third-order valence-corrected chi connectivity index (χ3v) is 4.22. The van der Waals surface area contributed by atoms with Gasteiger partial charge >= 0.3 is 0 Å². The fourth-order valence-corrected chi connectivity index (χ4v) is 2.77. The number of pyridine rings is 1. The summed E-state index contributed by atoms with van der Waals surface area (Å²) in [7, 11) is 1.31. The van der Waals surface area contributed by atoms with Crippen LogP contribution in [0.5, 0.6) is 5.75 Å². The van der Waals surface area contributed by atoms with Crippen LogP contribution in [0.4, 0.5) is 23.2 Å². The van der Waals surface area contributed by atoms with E-state index in [1.807, 2.05) is 0 Å². The van der Waals surface area contributed by atoms with E-state index in [-0.39, 0.29) is 23.7 Å². The maximum atomic E-state index is 14.2. The number of alkyl halides is 2. The molecule has 0 saturated carbocycles. The zero-order valence-electron chi connectivity index (χ0n) is 14.7. The van der Waals surface area contributed by atoms with E-state index in [4.69, 9.17) is 10.5 Å². The standard InChI is InChI=1S/C18H16F4N4O2/c1-28-10-7-13(20)15(24-8-10)17(27)25-9-2-3-12(19)11(6-9)16-18(21,22)5-4-14(23)26-16/h2-3,6-8,16H,4-5H2,1H3,(H2,23,26)(H,25,27). The molecule has 3 N–H and O–H groups in total. The van der Waals surface area contributed by atoms with Crippen molar-refractivity contribution < 1.29 is 27.1 Å². The maximum absolute atomic E-state index is 14.2. The number of hydrogen-bond donors (Lipinski definition) is 2. The summed E-state index contributed by atoms with van der Waals surface area (Å²) >= 11 is 0. The van der Waals surface area contributed by atoms with Crippen molar-refractivity contribution in [1.29, 1.82) is 0 Å². The predicted octanol–water partition coefficient (Wildman–Crippen LogP) is 3.45. The summed E-state index contributed by atoms with van der Waals surface area (Å²) in [5, 5.41) is 2.31. The van der Waals surface area contributed by atoms with Gasteiger partial charge in [0.2, 0.25) is 0 Å². The molecule has 0 aliphatic carbocycles. The van der Waals surface area contributed by atoms with Crippen molar-refractivity contribution in [2.75, 3.05) is 12.4 Å². The predicted molar refractivity (Wildman–Crippen MR) is 93.6 cm³/mol. The van der Waals surface area contributed by atoms with E-state index in [2.05, 4.69) is 15.3 Å². The van der Waals surface area contributed by atoms with Gasteiger partial charge in [0, 0.05) is 30.2 Å². The minimum absolute atomic E-state index is 0.00531. The van der Waals surface area contributed by atoms with Crippen LogP contribution in [0.15, 0.2) is 35.5 Å². The normalized spacial score (nSPS) is 18.3. The lowest BCUT2D eigenvalue weighted by atomic mass is 9.94. The number of amidine groups is 1. The molecule has 28 heavy (non-hydrogen) atoms. The molecule has 2 aromatic rings. The van der Waals surface area contributed by atoms with Gasteiger partial charge in [0.25, 0.3) is 11.8 Å². The molecule has 1 aromatic carbocycles. The molecule has 10 heteroatoms. The molecular formula is C18H16F4N4O2. The zero-order chi connectivity index (χ0) is 20.5. The third kappa shape index (κ3) is 3.90. The number of nitrogens with zero attached hydrogens (tertiary/aromatic N) is 2. The number of benzene rings is 1. The van der Waals surface area contributed by atoms with Crippen LogP contribution in [0.3, 0.4) is 0 Å². The van der Waals surface area contributed by atoms with Gasteiger partial charge in [0.05, 0.1) is 19.1 Å². The lowest BCUT2D eigenvalue weighted by Gasteiger charge is -2.29. The van der Waals surface area contributed by atoms with Gasteiger partial charge in [-0.1, -0.05) is 0 Å². The monoisotopic (exact) mass is 396 g/mol. The highest BCUT2D eigenvalue weighted by molar-refractivity contribution is 6.03. The summed E-state index contributed by atoms with van der Waals surface area (Å²) in [6, 6.07) is 2.26. The summed E-state index contributed by atoms with van der Waals surface area (Å²) in [6.45, 7) is 0. The first-order valence-corrected chi connectivity index (χ1v) is 8.21. The highest BCUT2D eigenvalue weighted by atomic mass is 19.3. The van der Waals surface area contributed by atoms with E-state index < -0.39 is 47.2 Å². The number of carbonyl (C=O) groups is 1. The van der Waals surface area contributed by atoms with Crippen molar-refractivity contribution in [2.45, 2.75) is 24.8 Å². The van der Waals surface area contributed by atoms with Crippen LogP contribution in [0.1, 0.15) is 34.9 Å². The molecular weight excluding hydrogens is 380 g/mol. The first-order chi connectivity index (χ1) is 13.2. The zero-order valence-corrected chi connectivity index (χ0v) is 14.7. The van der Waals surface area contributed by atoms with E-state index in [1.165, 1.54) is 7.11 Å². The summed E-state index contributed by atoms with van der Waals surface area (Å²) in [6.07, 6.45) is 0.488. The van der Waals surface area contributed by atoms with Crippen LogP contribution in [0, 0.1) is 11.6 Å². The lowest BCUT2D eigenvalue weighted by Crippen LogP contribution is -2.34. The van der Waals surface area contributed by atoms with Crippen molar-refractivity contribution in [3.8, 4) is 5.75 Å². The first kappa shape index (κ1) is 19.6. The second kappa shape index (κ2) is 7.45. The van der Waals surface area contributed by atoms with E-state index in [9.17, 15) is 22.4 Å². The Morgan fingerprint density at radius 3 is 2.71 bits per heavy atom. The Balaban J connectivity index is 1.89. The highest BCUT2D eigenvalue weighted by Crippen LogP contribution is 2.42. The smallest absolute Gasteiger partial charge is 0.277 e. The SMILES string of the molecule is COc1cnc(C(=O)Nc2ccc(F)c(C3N=C(N)CCC3(F)F)c2)c(F)c1. The molecule has 0 fully saturated rings. The molecule has 1 atom stereocenters. The Bertz CT molecular complexity index is 949. The number of ether oxygens (including phenoxy) is 1. The number of aliphatic imine (C=N–C) groups is 1. The molecule has 3 rings (SSSR count). The number of anilines is 1. The van der Waals surface area contributed by atoms with Gasteiger partial charge in [-0.15, -0.1) is 0 Å². The Morgan fingerprint density at radius 1 is 1.29 bits per heavy atom. The number of aromatic nitrogens is 1. The maximum Gasteiger partial charge on any atom is 0.277 e. The fraction of sp³-hybridized carbons (Fsp3) is 0.278. The van der Waals surface area contributed by atoms with Crippen LogP contribution in [0.2, 0.25) is 0 Å². The molecule has 6 nitrogen and oxygen atoms in total. The van der Waals surface area contributed by atoms with Crippen molar-refractivity contribution >= 4 is 17.4 Å². The summed E-state index contributed by atoms with van der Waals surface area (Å²) < 4.78 is 61.4. The van der Waals surface area contributed by atoms with E-state index in [0.29, 0.717) is 0 Å².